The van der Waals surface area contributed by atoms with Gasteiger partial charge in [0.25, 0.3) is 5.91 Å². The van der Waals surface area contributed by atoms with Gasteiger partial charge in [0.1, 0.15) is 5.69 Å². The van der Waals surface area contributed by atoms with Crippen LogP contribution in [0.1, 0.15) is 37.2 Å². The van der Waals surface area contributed by atoms with Crippen molar-refractivity contribution in [3.05, 3.63) is 18.0 Å². The number of aryl methyl sites for hydroxylation is 1. The molecule has 19 heavy (non-hydrogen) atoms. The van der Waals surface area contributed by atoms with Gasteiger partial charge < -0.3 is 15.6 Å². The quantitative estimate of drug-likeness (QED) is 0.814. The molecule has 1 fully saturated rings. The lowest BCUT2D eigenvalue weighted by molar-refractivity contribution is 0.0930. The van der Waals surface area contributed by atoms with E-state index in [9.17, 15) is 4.79 Å². The number of amides is 1. The van der Waals surface area contributed by atoms with Crippen molar-refractivity contribution in [3.63, 3.8) is 0 Å². The molecule has 106 valence electrons. The predicted octanol–water partition coefficient (Wildman–Crippen LogP) is 1.30. The summed E-state index contributed by atoms with van der Waals surface area (Å²) < 4.78 is 1.87. The van der Waals surface area contributed by atoms with Gasteiger partial charge in [0, 0.05) is 31.4 Å². The monoisotopic (exact) mass is 264 g/mol. The van der Waals surface area contributed by atoms with Gasteiger partial charge in [-0.25, -0.2) is 0 Å². The Labute approximate surface area is 114 Å². The molecule has 1 aliphatic rings. The molecule has 1 heterocycles. The molecule has 5 nitrogen and oxygen atoms in total. The molecule has 2 rings (SSSR count). The molecule has 1 unspecified atom stereocenters. The summed E-state index contributed by atoms with van der Waals surface area (Å²) in [6, 6.07) is 2.80. The Morgan fingerprint density at radius 1 is 1.63 bits per heavy atom. The number of likely N-dealkylation sites (N-methyl/N-ethyl adjacent to an activating group) is 1. The Hall–Kier alpha value is -1.49. The van der Waals surface area contributed by atoms with Crippen molar-refractivity contribution in [3.8, 4) is 0 Å². The van der Waals surface area contributed by atoms with Crippen molar-refractivity contribution in [1.82, 2.24) is 14.8 Å². The molecule has 0 aromatic carbocycles. The molecule has 5 heteroatoms. The van der Waals surface area contributed by atoms with Crippen LogP contribution in [0.15, 0.2) is 12.3 Å². The fourth-order valence-corrected chi connectivity index (χ4v) is 2.30. The molecule has 1 atom stereocenters. The molecule has 1 saturated carbocycles. The van der Waals surface area contributed by atoms with Gasteiger partial charge in [-0.1, -0.05) is 0 Å². The van der Waals surface area contributed by atoms with Gasteiger partial charge in [-0.15, -0.1) is 0 Å². The Balaban J connectivity index is 1.89. The first-order valence-corrected chi connectivity index (χ1v) is 6.98. The van der Waals surface area contributed by atoms with E-state index in [4.69, 9.17) is 5.73 Å². The molecule has 3 N–H and O–H groups in total. The van der Waals surface area contributed by atoms with E-state index >= 15 is 0 Å². The summed E-state index contributed by atoms with van der Waals surface area (Å²) in [5, 5.41) is 2.99. The molecule has 1 aliphatic carbocycles. The van der Waals surface area contributed by atoms with Crippen LogP contribution in [0, 0.1) is 0 Å². The summed E-state index contributed by atoms with van der Waals surface area (Å²) in [4.78, 5) is 14.5. The van der Waals surface area contributed by atoms with Crippen LogP contribution in [-0.4, -0.2) is 41.1 Å². The number of aromatic nitrogens is 1. The Morgan fingerprint density at radius 3 is 2.89 bits per heavy atom. The lowest BCUT2D eigenvalue weighted by Crippen LogP contribution is -2.41. The minimum atomic E-state index is -0.0467. The van der Waals surface area contributed by atoms with E-state index in [-0.39, 0.29) is 5.91 Å². The molecule has 0 bridgehead atoms. The number of carbonyl (C=O) groups is 1. The predicted molar refractivity (Wildman–Crippen MR) is 77.1 cm³/mol. The number of nitrogens with zero attached hydrogens (tertiary/aromatic N) is 2. The first-order valence-electron chi connectivity index (χ1n) is 6.98. The van der Waals surface area contributed by atoms with E-state index in [0.717, 1.165) is 6.54 Å². The van der Waals surface area contributed by atoms with Gasteiger partial charge in [-0.3, -0.25) is 9.69 Å². The maximum Gasteiger partial charge on any atom is 0.268 e. The number of rotatable bonds is 6. The van der Waals surface area contributed by atoms with Crippen LogP contribution in [0.2, 0.25) is 0 Å². The van der Waals surface area contributed by atoms with Crippen LogP contribution in [0.5, 0.6) is 0 Å². The number of nitrogens with one attached hydrogen (secondary N) is 1. The van der Waals surface area contributed by atoms with E-state index in [2.05, 4.69) is 24.2 Å². The van der Waals surface area contributed by atoms with E-state index in [1.54, 1.807) is 12.3 Å². The van der Waals surface area contributed by atoms with Gasteiger partial charge in [-0.05, 0) is 39.8 Å². The van der Waals surface area contributed by atoms with Crippen LogP contribution in [-0.2, 0) is 6.54 Å². The zero-order valence-electron chi connectivity index (χ0n) is 12.0. The number of hydrogen-bond donors (Lipinski definition) is 2. The van der Waals surface area contributed by atoms with Gasteiger partial charge in [0.05, 0.1) is 5.69 Å². The Kier molecular flexibility index (Phi) is 4.14. The highest BCUT2D eigenvalue weighted by Crippen LogP contribution is 2.26. The minimum Gasteiger partial charge on any atom is -0.397 e. The number of hydrogen-bond acceptors (Lipinski definition) is 3. The molecule has 0 aliphatic heterocycles. The lowest BCUT2D eigenvalue weighted by Gasteiger charge is -2.24. The molecular formula is C14H24N4O. The first-order chi connectivity index (χ1) is 9.02. The fraction of sp³-hybridized carbons (Fsp3) is 0.643. The van der Waals surface area contributed by atoms with Crippen LogP contribution in [0.25, 0.3) is 0 Å². The highest BCUT2D eigenvalue weighted by Gasteiger charge is 2.29. The van der Waals surface area contributed by atoms with Gasteiger partial charge in [0.2, 0.25) is 0 Å². The molecule has 0 spiro atoms. The summed E-state index contributed by atoms with van der Waals surface area (Å²) >= 11 is 0. The lowest BCUT2D eigenvalue weighted by atomic mass is 10.2. The molecule has 1 aromatic rings. The van der Waals surface area contributed by atoms with Gasteiger partial charge in [0.15, 0.2) is 0 Å². The summed E-state index contributed by atoms with van der Waals surface area (Å²) in [5.41, 5.74) is 7.01. The molecule has 1 amide bonds. The Morgan fingerprint density at radius 2 is 2.32 bits per heavy atom. The molecular weight excluding hydrogens is 240 g/mol. The first kappa shape index (κ1) is 13.9. The topological polar surface area (TPSA) is 63.3 Å². The van der Waals surface area contributed by atoms with Crippen molar-refractivity contribution >= 4 is 11.6 Å². The Bertz CT molecular complexity index is 450. The number of nitrogen functional groups attached to an aromatic ring is 1. The maximum atomic E-state index is 12.1. The highest BCUT2D eigenvalue weighted by atomic mass is 16.1. The second-order valence-corrected chi connectivity index (χ2v) is 5.40. The summed E-state index contributed by atoms with van der Waals surface area (Å²) in [6.45, 7) is 5.56. The smallest absolute Gasteiger partial charge is 0.268 e. The molecule has 0 radical (unpaired) electrons. The zero-order valence-corrected chi connectivity index (χ0v) is 12.0. The van der Waals surface area contributed by atoms with Crippen LogP contribution in [0.3, 0.4) is 0 Å². The summed E-state index contributed by atoms with van der Waals surface area (Å²) in [6.07, 6.45) is 4.36. The third kappa shape index (κ3) is 3.29. The van der Waals surface area contributed by atoms with Crippen molar-refractivity contribution in [2.75, 3.05) is 19.3 Å². The molecule has 0 saturated heterocycles. The standard InChI is InChI=1S/C14H24N4O/c1-4-18-9-11(15)7-13(18)14(19)16-8-10(2)17(3)12-5-6-12/h7,9-10,12H,4-6,8,15H2,1-3H3,(H,16,19). The van der Waals surface area contributed by atoms with Gasteiger partial charge in [-0.2, -0.15) is 0 Å². The number of carbonyl (C=O) groups excluding carboxylic acids is 1. The van der Waals surface area contributed by atoms with Crippen molar-refractivity contribution in [2.45, 2.75) is 45.3 Å². The second kappa shape index (κ2) is 5.65. The average molecular weight is 264 g/mol. The highest BCUT2D eigenvalue weighted by molar-refractivity contribution is 5.93. The van der Waals surface area contributed by atoms with E-state index in [1.165, 1.54) is 12.8 Å². The van der Waals surface area contributed by atoms with E-state index in [1.807, 2.05) is 11.5 Å². The van der Waals surface area contributed by atoms with E-state index in [0.29, 0.717) is 30.0 Å². The third-order valence-corrected chi connectivity index (χ3v) is 3.87. The van der Waals surface area contributed by atoms with Crippen molar-refractivity contribution in [1.29, 1.82) is 0 Å². The van der Waals surface area contributed by atoms with Crippen LogP contribution in [0.4, 0.5) is 5.69 Å². The SMILES string of the molecule is CCn1cc(N)cc1C(=O)NCC(C)N(C)C1CC1. The second-order valence-electron chi connectivity index (χ2n) is 5.40. The number of nitrogens with two attached hydrogens (primary N) is 1. The summed E-state index contributed by atoms with van der Waals surface area (Å²) in [7, 11) is 2.13. The third-order valence-electron chi connectivity index (χ3n) is 3.87. The normalized spacial score (nSPS) is 16.6. The van der Waals surface area contributed by atoms with Crippen LogP contribution >= 0.6 is 0 Å². The fourth-order valence-electron chi connectivity index (χ4n) is 2.30. The zero-order chi connectivity index (χ0) is 14.0. The summed E-state index contributed by atoms with van der Waals surface area (Å²) in [5.74, 6) is -0.0467. The largest absolute Gasteiger partial charge is 0.397 e. The average Bonchev–Trinajstić information content (AvgIpc) is 3.17. The maximum absolute atomic E-state index is 12.1. The molecule has 1 aromatic heterocycles. The van der Waals surface area contributed by atoms with Crippen molar-refractivity contribution in [2.24, 2.45) is 0 Å². The van der Waals surface area contributed by atoms with Crippen molar-refractivity contribution < 1.29 is 4.79 Å². The number of anilines is 1. The minimum absolute atomic E-state index is 0.0467. The van der Waals surface area contributed by atoms with Gasteiger partial charge >= 0.3 is 0 Å². The van der Waals surface area contributed by atoms with E-state index < -0.39 is 0 Å². The van der Waals surface area contributed by atoms with Crippen LogP contribution < -0.4 is 11.1 Å².